The van der Waals surface area contributed by atoms with Crippen molar-refractivity contribution in [2.45, 2.75) is 52.2 Å². The van der Waals surface area contributed by atoms with Crippen molar-refractivity contribution in [1.82, 2.24) is 4.90 Å². The van der Waals surface area contributed by atoms with Crippen LogP contribution in [0.25, 0.3) is 6.08 Å². The predicted molar refractivity (Wildman–Crippen MR) is 171 cm³/mol. The Morgan fingerprint density at radius 3 is 2.45 bits per heavy atom. The Morgan fingerprint density at radius 1 is 1.14 bits per heavy atom. The number of ether oxygens (including phenoxy) is 2. The van der Waals surface area contributed by atoms with Crippen molar-refractivity contribution < 1.29 is 22.7 Å². The monoisotopic (exact) mass is 639 g/mol. The minimum Gasteiger partial charge on any atom is -0.490 e. The van der Waals surface area contributed by atoms with E-state index in [9.17, 15) is 13.2 Å². The fraction of sp³-hybridized carbons (Fsp3) is 0.414. The highest BCUT2D eigenvalue weighted by atomic mass is 35.5. The van der Waals surface area contributed by atoms with Gasteiger partial charge in [-0.2, -0.15) is 0 Å². The summed E-state index contributed by atoms with van der Waals surface area (Å²) >= 11 is 0. The van der Waals surface area contributed by atoms with Crippen molar-refractivity contribution >= 4 is 64.2 Å². The van der Waals surface area contributed by atoms with Crippen molar-refractivity contribution in [3.63, 3.8) is 0 Å². The number of benzene rings is 2. The first-order chi connectivity index (χ1) is 19.0. The molecule has 10 nitrogen and oxygen atoms in total. The molecule has 2 aromatic carbocycles. The van der Waals surface area contributed by atoms with Gasteiger partial charge >= 0.3 is 5.97 Å². The van der Waals surface area contributed by atoms with Crippen LogP contribution in [0.2, 0.25) is 0 Å². The molecular weight excluding hydrogens is 601 g/mol. The van der Waals surface area contributed by atoms with E-state index in [1.807, 2.05) is 24.0 Å². The Morgan fingerprint density at radius 2 is 1.83 bits per heavy atom. The quantitative estimate of drug-likeness (QED) is 0.210. The van der Waals surface area contributed by atoms with Crippen LogP contribution in [0, 0.1) is 17.7 Å². The fourth-order valence-corrected chi connectivity index (χ4v) is 6.78. The number of nitrogens with one attached hydrogen (secondary N) is 2. The SMILES string of the molecule is CCOC(=O)CS(=O)(=O)N1c2ccc(OC3CCN(C(C)=N)CC3)c(C)c2CC1/C=C/c1cccc(C(=N)N)c1.Cl.Cl. The van der Waals surface area contributed by atoms with Gasteiger partial charge in [0.05, 0.1) is 24.2 Å². The molecule has 1 saturated heterocycles. The number of hydrogen-bond acceptors (Lipinski definition) is 7. The van der Waals surface area contributed by atoms with Crippen LogP contribution in [0.1, 0.15) is 48.9 Å². The summed E-state index contributed by atoms with van der Waals surface area (Å²) in [7, 11) is -4.05. The number of halogens is 2. The molecule has 1 unspecified atom stereocenters. The van der Waals surface area contributed by atoms with Gasteiger partial charge in [0.1, 0.15) is 17.7 Å². The summed E-state index contributed by atoms with van der Waals surface area (Å²) in [6.07, 6.45) is 5.64. The molecule has 1 fully saturated rings. The molecule has 13 heteroatoms. The van der Waals surface area contributed by atoms with Crippen LogP contribution in [-0.4, -0.2) is 68.6 Å². The number of nitrogens with two attached hydrogens (primary N) is 1. The number of carbonyl (C=O) groups is 1. The maximum atomic E-state index is 13.5. The summed E-state index contributed by atoms with van der Waals surface area (Å²) in [5, 5.41) is 15.5. The zero-order chi connectivity index (χ0) is 29.0. The zero-order valence-corrected chi connectivity index (χ0v) is 26.4. The van der Waals surface area contributed by atoms with E-state index in [1.54, 1.807) is 50.3 Å². The van der Waals surface area contributed by atoms with Crippen LogP contribution < -0.4 is 14.8 Å². The molecule has 2 aromatic rings. The van der Waals surface area contributed by atoms with E-state index in [0.29, 0.717) is 29.3 Å². The van der Waals surface area contributed by atoms with E-state index >= 15 is 0 Å². The number of hydrogen-bond donors (Lipinski definition) is 3. The number of fused-ring (bicyclic) bond motifs is 1. The van der Waals surface area contributed by atoms with Gasteiger partial charge in [0.2, 0.25) is 10.0 Å². The maximum absolute atomic E-state index is 13.5. The average Bonchev–Trinajstić information content (AvgIpc) is 3.30. The number of nitrogen functional groups attached to an aromatic ring is 1. The molecule has 0 aliphatic carbocycles. The maximum Gasteiger partial charge on any atom is 0.323 e. The number of likely N-dealkylation sites (tertiary alicyclic amines) is 1. The highest BCUT2D eigenvalue weighted by molar-refractivity contribution is 7.93. The van der Waals surface area contributed by atoms with Gasteiger partial charge in [-0.1, -0.05) is 30.4 Å². The van der Waals surface area contributed by atoms with Crippen molar-refractivity contribution in [1.29, 1.82) is 10.8 Å². The Labute approximate surface area is 260 Å². The van der Waals surface area contributed by atoms with Crippen molar-refractivity contribution in [3.8, 4) is 5.75 Å². The summed E-state index contributed by atoms with van der Waals surface area (Å²) < 4.78 is 39.7. The molecule has 0 saturated carbocycles. The number of carbonyl (C=O) groups excluding carboxylic acids is 1. The highest BCUT2D eigenvalue weighted by Crippen LogP contribution is 2.41. The molecular formula is C29H39Cl2N5O5S. The standard InChI is InChI=1S/C29H37N5O5S.2ClH/c1-4-38-28(35)18-40(36,37)34-23(9-8-21-6-5-7-22(16-21)29(31)32)17-25-19(2)27(11-10-26(25)34)39-24-12-14-33(15-13-24)20(3)30;;/h5-11,16,23-24,30H,4,12-15,17-18H2,1-3H3,(H3,31,32);2*1H/b9-8+,30-20?;;. The molecule has 0 amide bonds. The normalized spacial score (nSPS) is 16.8. The van der Waals surface area contributed by atoms with Gasteiger partial charge in [-0.25, -0.2) is 8.42 Å². The van der Waals surface area contributed by atoms with E-state index in [1.165, 1.54) is 4.31 Å². The third kappa shape index (κ3) is 7.96. The van der Waals surface area contributed by atoms with Crippen LogP contribution in [-0.2, 0) is 26.0 Å². The largest absolute Gasteiger partial charge is 0.490 e. The minimum absolute atomic E-state index is 0. The first kappa shape index (κ1) is 34.9. The lowest BCUT2D eigenvalue weighted by Crippen LogP contribution is -2.40. The van der Waals surface area contributed by atoms with Gasteiger partial charge < -0.3 is 20.1 Å². The van der Waals surface area contributed by atoms with Crippen molar-refractivity contribution in [3.05, 3.63) is 64.7 Å². The smallest absolute Gasteiger partial charge is 0.323 e. The lowest BCUT2D eigenvalue weighted by Gasteiger charge is -2.33. The predicted octanol–water partition coefficient (Wildman–Crippen LogP) is 4.30. The summed E-state index contributed by atoms with van der Waals surface area (Å²) in [5.41, 5.74) is 9.22. The van der Waals surface area contributed by atoms with Gasteiger partial charge in [0.15, 0.2) is 5.75 Å². The summed E-state index contributed by atoms with van der Waals surface area (Å²) in [6.45, 7) is 6.99. The molecule has 0 aromatic heterocycles. The van der Waals surface area contributed by atoms with Gasteiger partial charge in [-0.05, 0) is 62.1 Å². The van der Waals surface area contributed by atoms with E-state index in [-0.39, 0.29) is 43.4 Å². The van der Waals surface area contributed by atoms with E-state index < -0.39 is 27.8 Å². The lowest BCUT2D eigenvalue weighted by molar-refractivity contribution is -0.139. The molecule has 2 aliphatic heterocycles. The molecule has 0 radical (unpaired) electrons. The second-order valence-electron chi connectivity index (χ2n) is 10.1. The Bertz CT molecular complexity index is 1440. The van der Waals surface area contributed by atoms with Crippen molar-refractivity contribution in [2.75, 3.05) is 29.8 Å². The number of anilines is 1. The molecule has 0 bridgehead atoms. The zero-order valence-electron chi connectivity index (χ0n) is 24.0. The first-order valence-corrected chi connectivity index (χ1v) is 15.0. The molecule has 230 valence electrons. The number of esters is 1. The fourth-order valence-electron chi connectivity index (χ4n) is 5.23. The van der Waals surface area contributed by atoms with Gasteiger partial charge in [-0.3, -0.25) is 19.9 Å². The van der Waals surface area contributed by atoms with E-state index in [4.69, 9.17) is 26.0 Å². The Hall–Kier alpha value is -3.28. The van der Waals surface area contributed by atoms with E-state index in [2.05, 4.69) is 0 Å². The Kier molecular flexibility index (Phi) is 12.3. The Balaban J connectivity index is 0.00000308. The highest BCUT2D eigenvalue weighted by Gasteiger charge is 2.39. The number of amidine groups is 2. The molecule has 4 rings (SSSR count). The summed E-state index contributed by atoms with van der Waals surface area (Å²) in [4.78, 5) is 14.2. The molecule has 42 heavy (non-hydrogen) atoms. The molecule has 0 spiro atoms. The molecule has 4 N–H and O–H groups in total. The van der Waals surface area contributed by atoms with Gasteiger partial charge in [-0.15, -0.1) is 24.8 Å². The van der Waals surface area contributed by atoms with Crippen LogP contribution in [0.3, 0.4) is 0 Å². The number of rotatable bonds is 9. The molecule has 2 heterocycles. The summed E-state index contributed by atoms with van der Waals surface area (Å²) in [5.74, 6) is -0.332. The number of piperidine rings is 1. The minimum atomic E-state index is -4.05. The number of nitrogens with zero attached hydrogens (tertiary/aromatic N) is 2. The lowest BCUT2D eigenvalue weighted by atomic mass is 10.0. The molecule has 2 aliphatic rings. The van der Waals surface area contributed by atoms with Gasteiger partial charge in [0.25, 0.3) is 0 Å². The second-order valence-corrected chi connectivity index (χ2v) is 11.9. The van der Waals surface area contributed by atoms with Crippen molar-refractivity contribution in [2.24, 2.45) is 5.73 Å². The molecule has 1 atom stereocenters. The van der Waals surface area contributed by atoms with E-state index in [0.717, 1.165) is 42.6 Å². The third-order valence-corrected chi connectivity index (χ3v) is 8.97. The van der Waals surface area contributed by atoms with Crippen LogP contribution >= 0.6 is 24.8 Å². The van der Waals surface area contributed by atoms with Crippen LogP contribution in [0.4, 0.5) is 5.69 Å². The van der Waals surface area contributed by atoms with Crippen LogP contribution in [0.5, 0.6) is 5.75 Å². The second kappa shape index (κ2) is 14.8. The van der Waals surface area contributed by atoms with Crippen LogP contribution in [0.15, 0.2) is 42.5 Å². The topological polar surface area (TPSA) is 150 Å². The van der Waals surface area contributed by atoms with Gasteiger partial charge in [0, 0.05) is 31.5 Å². The summed E-state index contributed by atoms with van der Waals surface area (Å²) in [6, 6.07) is 10.1. The average molecular weight is 641 g/mol. The third-order valence-electron chi connectivity index (χ3n) is 7.30. The first-order valence-electron chi connectivity index (χ1n) is 13.4. The number of sulfonamides is 1.